The van der Waals surface area contributed by atoms with E-state index in [1.54, 1.807) is 7.11 Å². The maximum absolute atomic E-state index is 11.3. The molecule has 2 N–H and O–H groups in total. The summed E-state index contributed by atoms with van der Waals surface area (Å²) in [5, 5.41) is 0. The summed E-state index contributed by atoms with van der Waals surface area (Å²) < 4.78 is 5.09. The number of benzene rings is 1. The van der Waals surface area contributed by atoms with E-state index in [1.807, 2.05) is 38.1 Å². The lowest BCUT2D eigenvalue weighted by Gasteiger charge is -2.20. The molecule has 88 valence electrons. The summed E-state index contributed by atoms with van der Waals surface area (Å²) in [5.41, 5.74) is 6.50. The molecule has 0 aromatic heterocycles. The zero-order chi connectivity index (χ0) is 12.1. The fraction of sp³-hybridized carbons (Fsp3) is 0.462. The molecule has 0 bridgehead atoms. The molecule has 0 fully saturated rings. The number of nitrogens with two attached hydrogens (primary N) is 1. The van der Waals surface area contributed by atoms with Crippen LogP contribution in [-0.2, 0) is 4.79 Å². The monoisotopic (exact) mass is 221 g/mol. The lowest BCUT2D eigenvalue weighted by molar-refractivity contribution is -0.122. The summed E-state index contributed by atoms with van der Waals surface area (Å²) in [4.78, 5) is 11.3. The quantitative estimate of drug-likeness (QED) is 0.829. The van der Waals surface area contributed by atoms with Crippen LogP contribution in [0.4, 0.5) is 0 Å². The molecular formula is C13H19NO2. The van der Waals surface area contributed by atoms with Gasteiger partial charge in [-0.05, 0) is 30.0 Å². The Labute approximate surface area is 96.6 Å². The van der Waals surface area contributed by atoms with Gasteiger partial charge in [0.2, 0.25) is 5.91 Å². The lowest BCUT2D eigenvalue weighted by Crippen LogP contribution is -2.27. The topological polar surface area (TPSA) is 52.3 Å². The molecule has 1 aromatic carbocycles. The van der Waals surface area contributed by atoms with Gasteiger partial charge in [0.1, 0.15) is 5.75 Å². The van der Waals surface area contributed by atoms with Crippen LogP contribution in [0.25, 0.3) is 0 Å². The van der Waals surface area contributed by atoms with E-state index < -0.39 is 0 Å². The molecule has 0 heterocycles. The van der Waals surface area contributed by atoms with Gasteiger partial charge in [0.15, 0.2) is 0 Å². The first-order valence-electron chi connectivity index (χ1n) is 5.53. The normalized spacial score (nSPS) is 14.2. The summed E-state index contributed by atoms with van der Waals surface area (Å²) in [5.74, 6) is 0.635. The maximum atomic E-state index is 11.3. The number of rotatable bonds is 5. The van der Waals surface area contributed by atoms with Crippen LogP contribution in [0.2, 0.25) is 0 Å². The first-order chi connectivity index (χ1) is 7.60. The molecule has 1 aromatic rings. The Morgan fingerprint density at radius 3 is 2.31 bits per heavy atom. The summed E-state index contributed by atoms with van der Waals surface area (Å²) >= 11 is 0. The third-order valence-electron chi connectivity index (χ3n) is 3.05. The summed E-state index contributed by atoms with van der Waals surface area (Å²) in [6.07, 6.45) is 0.766. The number of carbonyl (C=O) groups excluding carboxylic acids is 1. The predicted molar refractivity (Wildman–Crippen MR) is 64.4 cm³/mol. The highest BCUT2D eigenvalue weighted by atomic mass is 16.5. The molecule has 3 heteroatoms. The molecule has 0 aliphatic heterocycles. The van der Waals surface area contributed by atoms with Crippen molar-refractivity contribution in [1.29, 1.82) is 0 Å². The summed E-state index contributed by atoms with van der Waals surface area (Å²) in [6.45, 7) is 4.01. The number of primary amides is 1. The van der Waals surface area contributed by atoms with Crippen molar-refractivity contribution in [2.75, 3.05) is 7.11 Å². The van der Waals surface area contributed by atoms with Gasteiger partial charge in [0, 0.05) is 5.92 Å². The minimum absolute atomic E-state index is 0.103. The van der Waals surface area contributed by atoms with Crippen molar-refractivity contribution in [2.24, 2.45) is 11.7 Å². The van der Waals surface area contributed by atoms with Crippen LogP contribution in [-0.4, -0.2) is 13.0 Å². The van der Waals surface area contributed by atoms with Crippen LogP contribution in [0.3, 0.4) is 0 Å². The highest BCUT2D eigenvalue weighted by Gasteiger charge is 2.22. The van der Waals surface area contributed by atoms with Crippen LogP contribution in [0.5, 0.6) is 5.75 Å². The van der Waals surface area contributed by atoms with Gasteiger partial charge in [-0.1, -0.05) is 26.0 Å². The molecule has 0 saturated carbocycles. The largest absolute Gasteiger partial charge is 0.497 e. The molecule has 0 spiro atoms. The molecule has 2 atom stereocenters. The van der Waals surface area contributed by atoms with Crippen LogP contribution >= 0.6 is 0 Å². The molecule has 0 aliphatic carbocycles. The molecule has 0 radical (unpaired) electrons. The van der Waals surface area contributed by atoms with E-state index in [4.69, 9.17) is 10.5 Å². The smallest absolute Gasteiger partial charge is 0.221 e. The number of ether oxygens (including phenoxy) is 1. The minimum Gasteiger partial charge on any atom is -0.497 e. The Kier molecular flexibility index (Phi) is 4.35. The van der Waals surface area contributed by atoms with Crippen molar-refractivity contribution in [1.82, 2.24) is 0 Å². The van der Waals surface area contributed by atoms with Crippen molar-refractivity contribution < 1.29 is 9.53 Å². The van der Waals surface area contributed by atoms with E-state index in [1.165, 1.54) is 0 Å². The maximum Gasteiger partial charge on any atom is 0.221 e. The number of carbonyl (C=O) groups is 1. The van der Waals surface area contributed by atoms with Crippen LogP contribution < -0.4 is 10.5 Å². The Hall–Kier alpha value is -1.51. The molecule has 16 heavy (non-hydrogen) atoms. The van der Waals surface area contributed by atoms with Crippen molar-refractivity contribution >= 4 is 5.91 Å². The highest BCUT2D eigenvalue weighted by molar-refractivity contribution is 5.77. The van der Waals surface area contributed by atoms with Gasteiger partial charge in [0.05, 0.1) is 7.11 Å². The van der Waals surface area contributed by atoms with Crippen LogP contribution in [0, 0.1) is 5.92 Å². The van der Waals surface area contributed by atoms with Crippen molar-refractivity contribution in [3.63, 3.8) is 0 Å². The lowest BCUT2D eigenvalue weighted by atomic mass is 9.85. The van der Waals surface area contributed by atoms with Gasteiger partial charge in [-0.2, -0.15) is 0 Å². The fourth-order valence-corrected chi connectivity index (χ4v) is 1.94. The number of hydrogen-bond acceptors (Lipinski definition) is 2. The first-order valence-corrected chi connectivity index (χ1v) is 5.53. The van der Waals surface area contributed by atoms with E-state index in [0.717, 1.165) is 17.7 Å². The van der Waals surface area contributed by atoms with Gasteiger partial charge in [-0.15, -0.1) is 0 Å². The Bertz CT molecular complexity index is 345. The van der Waals surface area contributed by atoms with Gasteiger partial charge in [0.25, 0.3) is 0 Å². The molecule has 3 nitrogen and oxygen atoms in total. The molecule has 0 aliphatic rings. The molecule has 1 amide bonds. The second kappa shape index (κ2) is 5.54. The number of hydrogen-bond donors (Lipinski definition) is 1. The summed E-state index contributed by atoms with van der Waals surface area (Å²) in [7, 11) is 1.64. The zero-order valence-corrected chi connectivity index (χ0v) is 10.1. The standard InChI is InChI=1S/C13H19NO2/c1-4-12(13(14)15)9(2)10-5-7-11(16-3)8-6-10/h5-9,12H,4H2,1-3H3,(H2,14,15)/t9-,12?/m1/s1. The second-order valence-electron chi connectivity index (χ2n) is 3.98. The second-order valence-corrected chi connectivity index (χ2v) is 3.98. The predicted octanol–water partition coefficient (Wildman–Crippen LogP) is 2.31. The zero-order valence-electron chi connectivity index (χ0n) is 10.1. The third-order valence-corrected chi connectivity index (χ3v) is 3.05. The van der Waals surface area contributed by atoms with Gasteiger partial charge in [-0.3, -0.25) is 4.79 Å². The number of methoxy groups -OCH3 is 1. The van der Waals surface area contributed by atoms with Crippen molar-refractivity contribution in [3.8, 4) is 5.75 Å². The van der Waals surface area contributed by atoms with E-state index >= 15 is 0 Å². The number of amides is 1. The molecule has 1 rings (SSSR count). The third kappa shape index (κ3) is 2.75. The van der Waals surface area contributed by atoms with Crippen molar-refractivity contribution in [3.05, 3.63) is 29.8 Å². The van der Waals surface area contributed by atoms with E-state index in [2.05, 4.69) is 0 Å². The Balaban J connectivity index is 2.86. The van der Waals surface area contributed by atoms with Crippen LogP contribution in [0.15, 0.2) is 24.3 Å². The van der Waals surface area contributed by atoms with Crippen molar-refractivity contribution in [2.45, 2.75) is 26.2 Å². The molecule has 0 saturated heterocycles. The Morgan fingerprint density at radius 2 is 1.94 bits per heavy atom. The van der Waals surface area contributed by atoms with Gasteiger partial charge < -0.3 is 10.5 Å². The first kappa shape index (κ1) is 12.6. The van der Waals surface area contributed by atoms with Gasteiger partial charge in [-0.25, -0.2) is 0 Å². The average Bonchev–Trinajstić information content (AvgIpc) is 2.29. The van der Waals surface area contributed by atoms with Gasteiger partial charge >= 0.3 is 0 Å². The highest BCUT2D eigenvalue weighted by Crippen LogP contribution is 2.27. The van der Waals surface area contributed by atoms with E-state index in [-0.39, 0.29) is 17.7 Å². The van der Waals surface area contributed by atoms with E-state index in [9.17, 15) is 4.79 Å². The van der Waals surface area contributed by atoms with Crippen LogP contribution in [0.1, 0.15) is 31.7 Å². The summed E-state index contributed by atoms with van der Waals surface area (Å²) in [6, 6.07) is 7.77. The van der Waals surface area contributed by atoms with E-state index in [0.29, 0.717) is 0 Å². The Morgan fingerprint density at radius 1 is 1.38 bits per heavy atom. The fourth-order valence-electron chi connectivity index (χ4n) is 1.94. The SMILES string of the molecule is CCC(C(N)=O)[C@H](C)c1ccc(OC)cc1. The molecule has 1 unspecified atom stereocenters. The average molecular weight is 221 g/mol. The minimum atomic E-state index is -0.231. The molecular weight excluding hydrogens is 202 g/mol.